The molecule has 0 fully saturated rings. The number of nitro benzene ring substituents is 1. The lowest BCUT2D eigenvalue weighted by atomic mass is 10.2. The Morgan fingerprint density at radius 3 is 2.68 bits per heavy atom. The molecule has 1 aromatic heterocycles. The van der Waals surface area contributed by atoms with E-state index in [1.165, 1.54) is 24.3 Å². The number of non-ortho nitro benzene ring substituents is 1. The predicted octanol–water partition coefficient (Wildman–Crippen LogP) is 3.42. The van der Waals surface area contributed by atoms with Gasteiger partial charge in [-0.3, -0.25) is 15.0 Å². The predicted molar refractivity (Wildman–Crippen MR) is 88.0 cm³/mol. The van der Waals surface area contributed by atoms with Crippen molar-refractivity contribution in [3.05, 3.63) is 75.9 Å². The molecule has 0 spiro atoms. The molecular formula is C17H15FN4O3. The van der Waals surface area contributed by atoms with Gasteiger partial charge >= 0.3 is 0 Å². The maximum atomic E-state index is 12.9. The van der Waals surface area contributed by atoms with Gasteiger partial charge in [-0.15, -0.1) is 0 Å². The smallest absolute Gasteiger partial charge is 0.270 e. The summed E-state index contributed by atoms with van der Waals surface area (Å²) < 4.78 is 18.1. The van der Waals surface area contributed by atoms with E-state index in [-0.39, 0.29) is 11.5 Å². The third-order valence-corrected chi connectivity index (χ3v) is 3.55. The van der Waals surface area contributed by atoms with Gasteiger partial charge in [0, 0.05) is 24.2 Å². The summed E-state index contributed by atoms with van der Waals surface area (Å²) in [5, 5.41) is 14.7. The summed E-state index contributed by atoms with van der Waals surface area (Å²) >= 11 is 0. The molecule has 0 bridgehead atoms. The number of halogens is 1. The molecule has 128 valence electrons. The number of aromatic nitrogens is 2. The highest BCUT2D eigenvalue weighted by atomic mass is 19.1. The van der Waals surface area contributed by atoms with Gasteiger partial charge in [-0.1, -0.05) is 29.4 Å². The van der Waals surface area contributed by atoms with Crippen LogP contribution in [0.25, 0.3) is 11.4 Å². The van der Waals surface area contributed by atoms with E-state index in [0.717, 1.165) is 5.56 Å². The van der Waals surface area contributed by atoms with Crippen LogP contribution in [-0.2, 0) is 13.1 Å². The monoisotopic (exact) mass is 342 g/mol. The molecule has 0 unspecified atom stereocenters. The molecule has 0 amide bonds. The molecule has 0 atom stereocenters. The highest BCUT2D eigenvalue weighted by Crippen LogP contribution is 2.21. The molecule has 2 aromatic carbocycles. The minimum atomic E-state index is -0.471. The second-order valence-electron chi connectivity index (χ2n) is 5.62. The molecule has 8 heteroatoms. The largest absolute Gasteiger partial charge is 0.338 e. The highest BCUT2D eigenvalue weighted by molar-refractivity contribution is 5.58. The third kappa shape index (κ3) is 4.24. The number of nitro groups is 1. The van der Waals surface area contributed by atoms with Crippen LogP contribution in [0, 0.1) is 15.9 Å². The second-order valence-corrected chi connectivity index (χ2v) is 5.62. The van der Waals surface area contributed by atoms with Crippen LogP contribution in [0.15, 0.2) is 53.1 Å². The Balaban J connectivity index is 1.68. The van der Waals surface area contributed by atoms with Crippen molar-refractivity contribution in [2.24, 2.45) is 0 Å². The van der Waals surface area contributed by atoms with Gasteiger partial charge < -0.3 is 4.52 Å². The topological polar surface area (TPSA) is 85.3 Å². The standard InChI is InChI=1S/C17H15FN4O3/c1-21(10-12-5-7-14(18)8-6-12)11-16-19-17(20-25-16)13-3-2-4-15(9-13)22(23)24/h2-9H,10-11H2,1H3. The van der Waals surface area contributed by atoms with Crippen LogP contribution in [0.1, 0.15) is 11.5 Å². The summed E-state index contributed by atoms with van der Waals surface area (Å²) in [5.74, 6) is 0.421. The van der Waals surface area contributed by atoms with Crippen molar-refractivity contribution in [1.29, 1.82) is 0 Å². The lowest BCUT2D eigenvalue weighted by Gasteiger charge is -2.13. The van der Waals surface area contributed by atoms with Crippen LogP contribution in [0.2, 0.25) is 0 Å². The second kappa shape index (κ2) is 7.18. The van der Waals surface area contributed by atoms with Gasteiger partial charge in [-0.25, -0.2) is 4.39 Å². The lowest BCUT2D eigenvalue weighted by Crippen LogP contribution is -2.17. The Bertz CT molecular complexity index is 880. The van der Waals surface area contributed by atoms with E-state index >= 15 is 0 Å². The van der Waals surface area contributed by atoms with E-state index in [1.807, 2.05) is 11.9 Å². The van der Waals surface area contributed by atoms with Crippen molar-refractivity contribution in [2.75, 3.05) is 7.05 Å². The van der Waals surface area contributed by atoms with Crippen molar-refractivity contribution < 1.29 is 13.8 Å². The van der Waals surface area contributed by atoms with Crippen molar-refractivity contribution in [3.63, 3.8) is 0 Å². The normalized spacial score (nSPS) is 11.0. The summed E-state index contributed by atoms with van der Waals surface area (Å²) in [5.41, 5.74) is 1.45. The van der Waals surface area contributed by atoms with E-state index in [9.17, 15) is 14.5 Å². The van der Waals surface area contributed by atoms with Gasteiger partial charge in [0.25, 0.3) is 5.69 Å². The van der Waals surface area contributed by atoms with Gasteiger partial charge in [0.15, 0.2) is 0 Å². The Morgan fingerprint density at radius 2 is 1.96 bits per heavy atom. The van der Waals surface area contributed by atoms with E-state index < -0.39 is 4.92 Å². The molecular weight excluding hydrogens is 327 g/mol. The van der Waals surface area contributed by atoms with Crippen LogP contribution in [-0.4, -0.2) is 27.0 Å². The van der Waals surface area contributed by atoms with Gasteiger partial charge in [-0.2, -0.15) is 4.98 Å². The Kier molecular flexibility index (Phi) is 4.80. The number of hydrogen-bond donors (Lipinski definition) is 0. The van der Waals surface area contributed by atoms with Crippen LogP contribution in [0.5, 0.6) is 0 Å². The fourth-order valence-electron chi connectivity index (χ4n) is 2.38. The van der Waals surface area contributed by atoms with E-state index in [1.54, 1.807) is 24.3 Å². The molecule has 0 aliphatic heterocycles. The summed E-state index contributed by atoms with van der Waals surface area (Å²) in [4.78, 5) is 16.6. The van der Waals surface area contributed by atoms with Crippen LogP contribution >= 0.6 is 0 Å². The van der Waals surface area contributed by atoms with Crippen LogP contribution in [0.4, 0.5) is 10.1 Å². The van der Waals surface area contributed by atoms with Crippen LogP contribution in [0.3, 0.4) is 0 Å². The Morgan fingerprint density at radius 1 is 1.20 bits per heavy atom. The first-order valence-electron chi connectivity index (χ1n) is 7.51. The van der Waals surface area contributed by atoms with Gasteiger partial charge in [0.1, 0.15) is 5.82 Å². The van der Waals surface area contributed by atoms with Crippen molar-refractivity contribution in [3.8, 4) is 11.4 Å². The molecule has 7 nitrogen and oxygen atoms in total. The zero-order valence-corrected chi connectivity index (χ0v) is 13.4. The molecule has 0 saturated carbocycles. The Labute approximate surface area is 142 Å². The van der Waals surface area contributed by atoms with Crippen LogP contribution < -0.4 is 0 Å². The zero-order chi connectivity index (χ0) is 17.8. The van der Waals surface area contributed by atoms with Gasteiger partial charge in [-0.05, 0) is 24.7 Å². The lowest BCUT2D eigenvalue weighted by molar-refractivity contribution is -0.384. The number of benzene rings is 2. The summed E-state index contributed by atoms with van der Waals surface area (Å²) in [6.07, 6.45) is 0. The first-order valence-corrected chi connectivity index (χ1v) is 7.51. The van der Waals surface area contributed by atoms with Crippen molar-refractivity contribution >= 4 is 5.69 Å². The van der Waals surface area contributed by atoms with Gasteiger partial charge in [0.2, 0.25) is 11.7 Å². The average Bonchev–Trinajstić information content (AvgIpc) is 3.05. The van der Waals surface area contributed by atoms with Gasteiger partial charge in [0.05, 0.1) is 11.5 Å². The fourth-order valence-corrected chi connectivity index (χ4v) is 2.38. The van der Waals surface area contributed by atoms with E-state index in [2.05, 4.69) is 10.1 Å². The number of hydrogen-bond acceptors (Lipinski definition) is 6. The quantitative estimate of drug-likeness (QED) is 0.504. The number of nitrogens with zero attached hydrogens (tertiary/aromatic N) is 4. The molecule has 3 rings (SSSR count). The molecule has 25 heavy (non-hydrogen) atoms. The molecule has 0 aliphatic carbocycles. The maximum Gasteiger partial charge on any atom is 0.270 e. The van der Waals surface area contributed by atoms with Crippen molar-refractivity contribution in [2.45, 2.75) is 13.1 Å². The maximum absolute atomic E-state index is 12.9. The SMILES string of the molecule is CN(Cc1ccc(F)cc1)Cc1nc(-c2cccc([N+](=O)[O-])c2)no1. The zero-order valence-electron chi connectivity index (χ0n) is 13.4. The third-order valence-electron chi connectivity index (χ3n) is 3.55. The number of rotatable bonds is 6. The first-order chi connectivity index (χ1) is 12.0. The fraction of sp³-hybridized carbons (Fsp3) is 0.176. The Hall–Kier alpha value is -3.13. The summed E-state index contributed by atoms with van der Waals surface area (Å²) in [6, 6.07) is 12.3. The highest BCUT2D eigenvalue weighted by Gasteiger charge is 2.14. The van der Waals surface area contributed by atoms with Crippen molar-refractivity contribution in [1.82, 2.24) is 15.0 Å². The summed E-state index contributed by atoms with van der Waals surface area (Å²) in [7, 11) is 1.88. The molecule has 1 heterocycles. The molecule has 0 saturated heterocycles. The molecule has 3 aromatic rings. The minimum Gasteiger partial charge on any atom is -0.338 e. The minimum absolute atomic E-state index is 0.0303. The first kappa shape index (κ1) is 16.7. The molecule has 0 N–H and O–H groups in total. The molecule has 0 radical (unpaired) electrons. The molecule has 0 aliphatic rings. The van der Waals surface area contributed by atoms with E-state index in [4.69, 9.17) is 4.52 Å². The average molecular weight is 342 g/mol. The van der Waals surface area contributed by atoms with E-state index in [0.29, 0.717) is 30.4 Å². The summed E-state index contributed by atoms with van der Waals surface area (Å²) in [6.45, 7) is 0.994.